The van der Waals surface area contributed by atoms with Gasteiger partial charge in [0.2, 0.25) is 5.71 Å². The summed E-state index contributed by atoms with van der Waals surface area (Å²) in [4.78, 5) is 9.86. The van der Waals surface area contributed by atoms with Crippen molar-refractivity contribution in [2.45, 2.75) is 85.5 Å². The van der Waals surface area contributed by atoms with Crippen LogP contribution in [0.5, 0.6) is 0 Å². The molecule has 1 aliphatic carbocycles. The minimum absolute atomic E-state index is 0.0137. The predicted molar refractivity (Wildman–Crippen MR) is 173 cm³/mol. The Bertz CT molecular complexity index is 2060. The van der Waals surface area contributed by atoms with Crippen molar-refractivity contribution in [3.05, 3.63) is 83.2 Å². The maximum Gasteiger partial charge on any atom is 0.231 e. The van der Waals surface area contributed by atoms with Gasteiger partial charge in [-0.25, -0.2) is 4.98 Å². The minimum atomic E-state index is -0.0137. The van der Waals surface area contributed by atoms with E-state index in [4.69, 9.17) is 14.4 Å². The lowest BCUT2D eigenvalue weighted by Crippen LogP contribution is -2.42. The van der Waals surface area contributed by atoms with Crippen molar-refractivity contribution in [1.82, 2.24) is 9.97 Å². The first-order chi connectivity index (χ1) is 19.1. The van der Waals surface area contributed by atoms with Gasteiger partial charge in [-0.1, -0.05) is 98.7 Å². The molecule has 0 N–H and O–H groups in total. The van der Waals surface area contributed by atoms with E-state index in [-0.39, 0.29) is 21.7 Å². The van der Waals surface area contributed by atoms with Crippen molar-refractivity contribution in [2.24, 2.45) is 5.41 Å². The molecule has 0 radical (unpaired) electrons. The van der Waals surface area contributed by atoms with Gasteiger partial charge in [0.25, 0.3) is 0 Å². The fourth-order valence-corrected chi connectivity index (χ4v) is 7.38. The van der Waals surface area contributed by atoms with Crippen molar-refractivity contribution in [2.75, 3.05) is 0 Å². The molecule has 0 unspecified atom stereocenters. The molecule has 1 aliphatic rings. The molecule has 7 rings (SSSR count). The number of benzene rings is 4. The molecule has 2 aromatic heterocycles. The Morgan fingerprint density at radius 2 is 1.34 bits per heavy atom. The smallest absolute Gasteiger partial charge is 0.231 e. The fourth-order valence-electron chi connectivity index (χ4n) is 7.38. The summed E-state index contributed by atoms with van der Waals surface area (Å²) < 4.78 is 6.67. The van der Waals surface area contributed by atoms with Crippen LogP contribution < -0.4 is 0 Å². The van der Waals surface area contributed by atoms with Crippen LogP contribution in [0.15, 0.2) is 65.1 Å². The van der Waals surface area contributed by atoms with Gasteiger partial charge in [0, 0.05) is 16.3 Å². The Labute approximate surface area is 243 Å². The highest BCUT2D eigenvalue weighted by molar-refractivity contribution is 6.18. The molecule has 0 saturated carbocycles. The van der Waals surface area contributed by atoms with Gasteiger partial charge in [-0.05, 0) is 85.7 Å². The highest BCUT2D eigenvalue weighted by atomic mass is 16.3. The molecule has 0 aliphatic heterocycles. The van der Waals surface area contributed by atoms with E-state index in [1.807, 2.05) is 6.92 Å². The van der Waals surface area contributed by atoms with E-state index < -0.39 is 0 Å². The number of aromatic nitrogens is 2. The molecule has 0 fully saturated rings. The van der Waals surface area contributed by atoms with Crippen molar-refractivity contribution in [1.29, 1.82) is 0 Å². The minimum Gasteiger partial charge on any atom is -0.437 e. The highest BCUT2D eigenvalue weighted by Gasteiger charge is 2.56. The summed E-state index contributed by atoms with van der Waals surface area (Å²) in [5.74, 6) is 0.715. The van der Waals surface area contributed by atoms with E-state index in [0.29, 0.717) is 11.5 Å². The van der Waals surface area contributed by atoms with Gasteiger partial charge in [0.15, 0.2) is 0 Å². The third-order valence-electron chi connectivity index (χ3n) is 11.0. The number of aryl methyl sites for hydroxylation is 1. The van der Waals surface area contributed by atoms with Crippen molar-refractivity contribution in [3.8, 4) is 11.3 Å². The van der Waals surface area contributed by atoms with Crippen LogP contribution in [0.25, 0.3) is 54.9 Å². The zero-order valence-corrected chi connectivity index (χ0v) is 26.1. The lowest BCUT2D eigenvalue weighted by molar-refractivity contribution is 0.125. The van der Waals surface area contributed by atoms with Crippen molar-refractivity contribution < 1.29 is 4.42 Å². The average Bonchev–Trinajstić information content (AvgIpc) is 3.32. The average molecular weight is 541 g/mol. The predicted octanol–water partition coefficient (Wildman–Crippen LogP) is 10.6. The number of furan rings is 1. The molecule has 0 saturated heterocycles. The molecular formula is C38H40N2O. The molecule has 0 bridgehead atoms. The summed E-state index contributed by atoms with van der Waals surface area (Å²) in [5, 5.41) is 6.93. The topological polar surface area (TPSA) is 38.9 Å². The summed E-state index contributed by atoms with van der Waals surface area (Å²) in [7, 11) is 0. The maximum atomic E-state index is 6.67. The van der Waals surface area contributed by atoms with Crippen molar-refractivity contribution in [3.63, 3.8) is 0 Å². The molecule has 41 heavy (non-hydrogen) atoms. The lowest BCUT2D eigenvalue weighted by atomic mass is 9.59. The molecular weight excluding hydrogens is 500 g/mol. The molecule has 0 amide bonds. The summed E-state index contributed by atoms with van der Waals surface area (Å²) in [6.45, 7) is 23.2. The summed E-state index contributed by atoms with van der Waals surface area (Å²) >= 11 is 0. The summed E-state index contributed by atoms with van der Waals surface area (Å²) in [6, 6.07) is 22.5. The highest BCUT2D eigenvalue weighted by Crippen LogP contribution is 2.62. The molecule has 208 valence electrons. The van der Waals surface area contributed by atoms with Gasteiger partial charge >= 0.3 is 0 Å². The summed E-state index contributed by atoms with van der Waals surface area (Å²) in [5.41, 5.74) is 7.93. The van der Waals surface area contributed by atoms with Gasteiger partial charge in [-0.15, -0.1) is 0 Å². The van der Waals surface area contributed by atoms with Crippen LogP contribution in [0.4, 0.5) is 0 Å². The number of fused-ring (bicyclic) bond motifs is 7. The van der Waals surface area contributed by atoms with Crippen LogP contribution in [-0.4, -0.2) is 9.97 Å². The third kappa shape index (κ3) is 3.38. The molecule has 3 nitrogen and oxygen atoms in total. The monoisotopic (exact) mass is 540 g/mol. The molecule has 4 aromatic carbocycles. The fraction of sp³-hybridized carbons (Fsp3) is 0.368. The van der Waals surface area contributed by atoms with Crippen LogP contribution in [-0.2, 0) is 16.2 Å². The molecule has 3 heteroatoms. The second-order valence-electron chi connectivity index (χ2n) is 14.8. The Kier molecular flexibility index (Phi) is 5.09. The van der Waals surface area contributed by atoms with E-state index in [0.717, 1.165) is 33.0 Å². The molecule has 0 atom stereocenters. The van der Waals surface area contributed by atoms with Gasteiger partial charge in [-0.2, -0.15) is 4.98 Å². The molecule has 6 aromatic rings. The zero-order valence-electron chi connectivity index (χ0n) is 26.1. The zero-order chi connectivity index (χ0) is 29.3. The first-order valence-corrected chi connectivity index (χ1v) is 14.9. The number of rotatable bonds is 1. The van der Waals surface area contributed by atoms with Gasteiger partial charge in [0.1, 0.15) is 11.4 Å². The van der Waals surface area contributed by atoms with E-state index in [1.54, 1.807) is 0 Å². The van der Waals surface area contributed by atoms with E-state index in [2.05, 4.69) is 123 Å². The van der Waals surface area contributed by atoms with Gasteiger partial charge in [0.05, 0.1) is 11.1 Å². The van der Waals surface area contributed by atoms with E-state index in [1.165, 1.54) is 32.8 Å². The first-order valence-electron chi connectivity index (χ1n) is 14.9. The second-order valence-corrected chi connectivity index (χ2v) is 14.8. The standard InChI is InChI=1S/C38H40N2O/c1-21-39-32(24-17-22-13-11-12-14-25(22)28(19-24)35(2,3)4)31-26-16-15-23-18-29-30(20-27(23)33(26)41-34(31)40-21)37(7,8)38(9,10)36(29,5)6/h11-20H,1-10H3. The van der Waals surface area contributed by atoms with Crippen LogP contribution >= 0.6 is 0 Å². The van der Waals surface area contributed by atoms with Crippen LogP contribution in [0.3, 0.4) is 0 Å². The van der Waals surface area contributed by atoms with Gasteiger partial charge < -0.3 is 4.42 Å². The van der Waals surface area contributed by atoms with Crippen LogP contribution in [0.2, 0.25) is 0 Å². The Morgan fingerprint density at radius 3 is 2.05 bits per heavy atom. The van der Waals surface area contributed by atoms with E-state index in [9.17, 15) is 0 Å². The first kappa shape index (κ1) is 26.2. The maximum absolute atomic E-state index is 6.67. The van der Waals surface area contributed by atoms with Crippen molar-refractivity contribution >= 4 is 43.6 Å². The quantitative estimate of drug-likeness (QED) is 0.208. The normalized spacial score (nSPS) is 17.6. The SMILES string of the molecule is Cc1nc(-c2cc(C(C)(C)C)c3ccccc3c2)c2c(n1)oc1c3cc4c(cc3ccc12)C(C)(C)C(C)(C)C4(C)C. The Morgan fingerprint density at radius 1 is 0.683 bits per heavy atom. The summed E-state index contributed by atoms with van der Waals surface area (Å²) in [6.07, 6.45) is 0. The number of hydrogen-bond donors (Lipinski definition) is 0. The number of hydrogen-bond acceptors (Lipinski definition) is 3. The molecule has 2 heterocycles. The Hall–Kier alpha value is -3.72. The Balaban J connectivity index is 1.56. The third-order valence-corrected chi connectivity index (χ3v) is 11.0. The number of nitrogens with zero attached hydrogens (tertiary/aromatic N) is 2. The van der Waals surface area contributed by atoms with Crippen LogP contribution in [0.1, 0.15) is 84.8 Å². The van der Waals surface area contributed by atoms with E-state index >= 15 is 0 Å². The van der Waals surface area contributed by atoms with Gasteiger partial charge in [-0.3, -0.25) is 0 Å². The van der Waals surface area contributed by atoms with Crippen LogP contribution in [0, 0.1) is 12.3 Å². The second kappa shape index (κ2) is 7.97. The largest absolute Gasteiger partial charge is 0.437 e. The lowest BCUT2D eigenvalue weighted by Gasteiger charge is -2.44. The molecule has 0 spiro atoms.